The van der Waals surface area contributed by atoms with E-state index < -0.39 is 17.4 Å². The van der Waals surface area contributed by atoms with Crippen LogP contribution in [-0.2, 0) is 19.8 Å². The number of alkyl halides is 3. The molecule has 3 heterocycles. The molecule has 3 rings (SSSR count). The number of hydrogen-bond donors (Lipinski definition) is 0. The van der Waals surface area contributed by atoms with E-state index in [0.29, 0.717) is 37.6 Å². The molecule has 0 bridgehead atoms. The van der Waals surface area contributed by atoms with Crippen LogP contribution in [0.3, 0.4) is 0 Å². The van der Waals surface area contributed by atoms with Crippen LogP contribution in [0, 0.1) is 5.92 Å². The third-order valence-corrected chi connectivity index (χ3v) is 4.75. The topological polar surface area (TPSA) is 82.2 Å². The number of rotatable bonds is 4. The van der Waals surface area contributed by atoms with E-state index in [0.717, 1.165) is 6.33 Å². The molecule has 0 unspecified atom stereocenters. The van der Waals surface area contributed by atoms with Gasteiger partial charge in [0.2, 0.25) is 5.88 Å². The Balaban J connectivity index is 1.61. The Morgan fingerprint density at radius 3 is 2.57 bits per heavy atom. The van der Waals surface area contributed by atoms with Gasteiger partial charge in [-0.2, -0.15) is 13.2 Å². The van der Waals surface area contributed by atoms with Crippen LogP contribution in [0.15, 0.2) is 23.4 Å². The van der Waals surface area contributed by atoms with Crippen LogP contribution < -0.4 is 10.3 Å². The third-order valence-electron chi connectivity index (χ3n) is 4.75. The smallest absolute Gasteiger partial charge is 0.433 e. The number of ether oxygens (including phenoxy) is 1. The quantitative estimate of drug-likeness (QED) is 0.779. The molecule has 0 aromatic carbocycles. The number of amides is 1. The van der Waals surface area contributed by atoms with Crippen molar-refractivity contribution in [1.29, 1.82) is 0 Å². The molecule has 2 aromatic heterocycles. The Morgan fingerprint density at radius 1 is 1.32 bits per heavy atom. The fraction of sp³-hybridized carbons (Fsp3) is 0.529. The number of aryl methyl sites for hydroxylation is 1. The minimum absolute atomic E-state index is 0.0658. The molecule has 8 nitrogen and oxygen atoms in total. The summed E-state index contributed by atoms with van der Waals surface area (Å²) in [5.41, 5.74) is -1.55. The summed E-state index contributed by atoms with van der Waals surface area (Å²) in [5, 5.41) is 4.07. The Hall–Kier alpha value is -2.85. The van der Waals surface area contributed by atoms with Crippen molar-refractivity contribution in [1.82, 2.24) is 24.2 Å². The van der Waals surface area contributed by atoms with Gasteiger partial charge in [0, 0.05) is 38.9 Å². The van der Waals surface area contributed by atoms with Crippen LogP contribution in [0.4, 0.5) is 13.2 Å². The van der Waals surface area contributed by atoms with Gasteiger partial charge in [-0.3, -0.25) is 18.8 Å². The average molecular weight is 399 g/mol. The van der Waals surface area contributed by atoms with Gasteiger partial charge in [-0.25, -0.2) is 4.98 Å². The Bertz CT molecular complexity index is 913. The molecule has 0 aliphatic carbocycles. The van der Waals surface area contributed by atoms with Crippen LogP contribution in [0.1, 0.15) is 28.9 Å². The van der Waals surface area contributed by atoms with Gasteiger partial charge in [0.05, 0.1) is 13.4 Å². The predicted octanol–water partition coefficient (Wildman–Crippen LogP) is 1.56. The molecule has 0 atom stereocenters. The first-order valence-corrected chi connectivity index (χ1v) is 8.69. The molecule has 2 aromatic rings. The van der Waals surface area contributed by atoms with Crippen molar-refractivity contribution in [3.05, 3.63) is 40.2 Å². The minimum Gasteiger partial charge on any atom is -0.479 e. The lowest BCUT2D eigenvalue weighted by molar-refractivity contribution is -0.141. The molecule has 0 saturated carbocycles. The van der Waals surface area contributed by atoms with Gasteiger partial charge in [0.15, 0.2) is 5.69 Å². The zero-order valence-corrected chi connectivity index (χ0v) is 15.4. The van der Waals surface area contributed by atoms with Crippen molar-refractivity contribution in [3.8, 4) is 5.88 Å². The number of hydrogen-bond acceptors (Lipinski definition) is 5. The second kappa shape index (κ2) is 7.64. The van der Waals surface area contributed by atoms with Gasteiger partial charge < -0.3 is 9.64 Å². The molecule has 28 heavy (non-hydrogen) atoms. The second-order valence-corrected chi connectivity index (χ2v) is 6.72. The fourth-order valence-electron chi connectivity index (χ4n) is 3.25. The average Bonchev–Trinajstić information content (AvgIpc) is 3.03. The maximum Gasteiger partial charge on any atom is 0.433 e. The van der Waals surface area contributed by atoms with Gasteiger partial charge in [-0.1, -0.05) is 0 Å². The minimum atomic E-state index is -4.64. The predicted molar refractivity (Wildman–Crippen MR) is 91.9 cm³/mol. The summed E-state index contributed by atoms with van der Waals surface area (Å²) in [6.45, 7) is 1.22. The third kappa shape index (κ3) is 4.18. The molecule has 1 aliphatic rings. The first-order valence-electron chi connectivity index (χ1n) is 8.69. The number of aromatic nitrogens is 4. The van der Waals surface area contributed by atoms with Gasteiger partial charge in [-0.15, -0.1) is 5.10 Å². The van der Waals surface area contributed by atoms with E-state index in [-0.39, 0.29) is 24.2 Å². The molecular formula is C17H20F3N5O3. The van der Waals surface area contributed by atoms with E-state index in [1.165, 1.54) is 16.4 Å². The molecular weight excluding hydrogens is 379 g/mol. The number of carbonyl (C=O) groups excluding carboxylic acids is 1. The molecule has 152 valence electrons. The normalized spacial score (nSPS) is 15.7. The summed E-state index contributed by atoms with van der Waals surface area (Å²) >= 11 is 0. The maximum atomic E-state index is 12.7. The molecule has 0 spiro atoms. The molecule has 1 fully saturated rings. The fourth-order valence-corrected chi connectivity index (χ4v) is 3.25. The number of piperidine rings is 1. The highest BCUT2D eigenvalue weighted by Crippen LogP contribution is 2.26. The molecule has 11 heteroatoms. The van der Waals surface area contributed by atoms with Crippen molar-refractivity contribution < 1.29 is 22.7 Å². The van der Waals surface area contributed by atoms with Crippen LogP contribution in [0.5, 0.6) is 5.88 Å². The highest BCUT2D eigenvalue weighted by molar-refractivity contribution is 5.96. The summed E-state index contributed by atoms with van der Waals surface area (Å²) in [6.07, 6.45) is -0.856. The van der Waals surface area contributed by atoms with E-state index in [4.69, 9.17) is 4.74 Å². The van der Waals surface area contributed by atoms with E-state index in [2.05, 4.69) is 10.1 Å². The molecule has 0 N–H and O–H groups in total. The van der Waals surface area contributed by atoms with Gasteiger partial charge in [-0.05, 0) is 18.8 Å². The Kier molecular flexibility index (Phi) is 5.43. The Morgan fingerprint density at radius 2 is 2.00 bits per heavy atom. The summed E-state index contributed by atoms with van der Waals surface area (Å²) in [6, 6.07) is 0.507. The maximum absolute atomic E-state index is 12.7. The zero-order chi connectivity index (χ0) is 20.5. The molecule has 0 radical (unpaired) electrons. The summed E-state index contributed by atoms with van der Waals surface area (Å²) in [5.74, 6) is 0.143. The van der Waals surface area contributed by atoms with Crippen molar-refractivity contribution >= 4 is 5.91 Å². The van der Waals surface area contributed by atoms with Crippen molar-refractivity contribution in [2.75, 3.05) is 20.2 Å². The van der Waals surface area contributed by atoms with Crippen LogP contribution >= 0.6 is 0 Å². The largest absolute Gasteiger partial charge is 0.479 e. The van der Waals surface area contributed by atoms with E-state index >= 15 is 0 Å². The number of nitrogens with zero attached hydrogens (tertiary/aromatic N) is 5. The zero-order valence-electron chi connectivity index (χ0n) is 15.4. The van der Waals surface area contributed by atoms with Crippen LogP contribution in [-0.4, -0.2) is 50.3 Å². The van der Waals surface area contributed by atoms with Gasteiger partial charge >= 0.3 is 6.18 Å². The van der Waals surface area contributed by atoms with E-state index in [1.807, 2.05) is 0 Å². The number of halogens is 3. The number of carbonyl (C=O) groups is 1. The Labute approximate surface area is 158 Å². The van der Waals surface area contributed by atoms with E-state index in [9.17, 15) is 22.8 Å². The van der Waals surface area contributed by atoms with Crippen LogP contribution in [0.25, 0.3) is 0 Å². The monoisotopic (exact) mass is 399 g/mol. The molecule has 1 aliphatic heterocycles. The second-order valence-electron chi connectivity index (χ2n) is 6.72. The highest BCUT2D eigenvalue weighted by Gasteiger charge is 2.33. The lowest BCUT2D eigenvalue weighted by Gasteiger charge is -2.32. The number of likely N-dealkylation sites (tertiary alicyclic amines) is 1. The lowest BCUT2D eigenvalue weighted by Crippen LogP contribution is -2.40. The first kappa shape index (κ1) is 19.9. The van der Waals surface area contributed by atoms with Crippen LogP contribution in [0.2, 0.25) is 0 Å². The van der Waals surface area contributed by atoms with Crippen molar-refractivity contribution in [3.63, 3.8) is 0 Å². The van der Waals surface area contributed by atoms with Crippen molar-refractivity contribution in [2.24, 2.45) is 13.0 Å². The summed E-state index contributed by atoms with van der Waals surface area (Å²) in [7, 11) is 3.14. The SMILES string of the molecule is COc1nn(C)cc1C(=O)N1CCC(Cn2cnc(C(F)(F)F)cc2=O)CC1. The standard InChI is InChI=1S/C17H20F3N5O3/c1-23-9-12(15(22-23)28-2)16(27)24-5-3-11(4-6-24)8-25-10-21-13(7-14(25)26)17(18,19)20/h7,9-11H,3-6,8H2,1-2H3. The summed E-state index contributed by atoms with van der Waals surface area (Å²) < 4.78 is 45.6. The molecule has 1 amide bonds. The van der Waals surface area contributed by atoms with Gasteiger partial charge in [0.25, 0.3) is 11.5 Å². The molecule has 1 saturated heterocycles. The van der Waals surface area contributed by atoms with Gasteiger partial charge in [0.1, 0.15) is 5.56 Å². The van der Waals surface area contributed by atoms with Crippen molar-refractivity contribution in [2.45, 2.75) is 25.6 Å². The number of methoxy groups -OCH3 is 1. The van der Waals surface area contributed by atoms with E-state index in [1.54, 1.807) is 18.1 Å². The summed E-state index contributed by atoms with van der Waals surface area (Å²) in [4.78, 5) is 29.6. The highest BCUT2D eigenvalue weighted by atomic mass is 19.4. The first-order chi connectivity index (χ1) is 13.2. The lowest BCUT2D eigenvalue weighted by atomic mass is 9.96.